The van der Waals surface area contributed by atoms with Crippen LogP contribution in [0.4, 0.5) is 0 Å². The number of amides is 1. The Bertz CT molecular complexity index is 719. The van der Waals surface area contributed by atoms with E-state index in [-0.39, 0.29) is 11.9 Å². The van der Waals surface area contributed by atoms with Crippen LogP contribution < -0.4 is 5.32 Å². The molecule has 1 aromatic carbocycles. The molecule has 1 heterocycles. The topological polar surface area (TPSA) is 55.4 Å². The Kier molecular flexibility index (Phi) is 4.48. The van der Waals surface area contributed by atoms with Gasteiger partial charge in [-0.3, -0.25) is 4.79 Å². The number of esters is 1. The molecule has 0 unspecified atom stereocenters. The minimum absolute atomic E-state index is 0.220. The number of aryl methyl sites for hydroxylation is 2. The van der Waals surface area contributed by atoms with Gasteiger partial charge in [-0.2, -0.15) is 0 Å². The van der Waals surface area contributed by atoms with Crippen LogP contribution in [0.3, 0.4) is 0 Å². The van der Waals surface area contributed by atoms with Gasteiger partial charge in [-0.25, -0.2) is 4.79 Å². The Balaban J connectivity index is 1.81. The molecule has 0 aliphatic heterocycles. The summed E-state index contributed by atoms with van der Waals surface area (Å²) in [5.74, 6) is -0.705. The smallest absolute Gasteiger partial charge is 0.340 e. The van der Waals surface area contributed by atoms with Gasteiger partial charge >= 0.3 is 5.97 Å². The van der Waals surface area contributed by atoms with Gasteiger partial charge in [-0.05, 0) is 32.8 Å². The predicted octanol–water partition coefficient (Wildman–Crippen LogP) is 3.54. The molecule has 1 amide bonds. The second kappa shape index (κ2) is 6.54. The van der Waals surface area contributed by atoms with E-state index < -0.39 is 12.1 Å². The minimum atomic E-state index is -0.913. The second-order valence-electron chi connectivity index (χ2n) is 5.81. The number of rotatable bonds is 5. The van der Waals surface area contributed by atoms with E-state index in [1.54, 1.807) is 23.5 Å². The lowest BCUT2D eigenvalue weighted by molar-refractivity contribution is -0.130. The maximum absolute atomic E-state index is 12.5. The van der Waals surface area contributed by atoms with Gasteiger partial charge in [0.25, 0.3) is 5.91 Å². The maximum atomic E-state index is 12.5. The largest absolute Gasteiger partial charge is 0.444 e. The van der Waals surface area contributed by atoms with Crippen LogP contribution in [-0.2, 0) is 9.53 Å². The van der Waals surface area contributed by atoms with Crippen LogP contribution in [0, 0.1) is 13.8 Å². The fourth-order valence-electron chi connectivity index (χ4n) is 2.41. The van der Waals surface area contributed by atoms with Crippen molar-refractivity contribution >= 4 is 23.2 Å². The van der Waals surface area contributed by atoms with Crippen molar-refractivity contribution in [3.05, 3.63) is 57.3 Å². The molecule has 120 valence electrons. The standard InChI is InChI=1S/C18H19NO3S/c1-11-10-15(12(2)23-11)18(21)22-16(13-6-4-3-5-7-13)17(20)19-14-8-9-14/h3-7,10,14,16H,8-9H2,1-2H3,(H,19,20)/t16-/m1/s1. The van der Waals surface area contributed by atoms with E-state index in [0.29, 0.717) is 11.1 Å². The third-order valence-electron chi connectivity index (χ3n) is 3.75. The first-order valence-electron chi connectivity index (χ1n) is 7.68. The van der Waals surface area contributed by atoms with E-state index in [1.807, 2.05) is 38.1 Å². The van der Waals surface area contributed by atoms with Crippen LogP contribution in [-0.4, -0.2) is 17.9 Å². The Morgan fingerprint density at radius 2 is 1.91 bits per heavy atom. The predicted molar refractivity (Wildman–Crippen MR) is 89.6 cm³/mol. The van der Waals surface area contributed by atoms with E-state index in [1.165, 1.54) is 0 Å². The molecule has 1 aromatic heterocycles. The highest BCUT2D eigenvalue weighted by molar-refractivity contribution is 7.12. The highest BCUT2D eigenvalue weighted by Gasteiger charge is 2.31. The number of benzene rings is 1. The number of carbonyl (C=O) groups is 2. The number of hydrogen-bond donors (Lipinski definition) is 1. The molecule has 2 aromatic rings. The monoisotopic (exact) mass is 329 g/mol. The maximum Gasteiger partial charge on any atom is 0.340 e. The van der Waals surface area contributed by atoms with Crippen molar-refractivity contribution in [3.63, 3.8) is 0 Å². The van der Waals surface area contributed by atoms with Crippen molar-refractivity contribution in [2.24, 2.45) is 0 Å². The Hall–Kier alpha value is -2.14. The third kappa shape index (κ3) is 3.79. The zero-order valence-corrected chi connectivity index (χ0v) is 14.0. The summed E-state index contributed by atoms with van der Waals surface area (Å²) in [6.07, 6.45) is 1.07. The molecule has 0 radical (unpaired) electrons. The summed E-state index contributed by atoms with van der Waals surface area (Å²) in [7, 11) is 0. The average molecular weight is 329 g/mol. The SMILES string of the molecule is Cc1cc(C(=O)O[C@@H](C(=O)NC2CC2)c2ccccc2)c(C)s1. The highest BCUT2D eigenvalue weighted by atomic mass is 32.1. The van der Waals surface area contributed by atoms with Crippen molar-refractivity contribution in [2.75, 3.05) is 0 Å². The van der Waals surface area contributed by atoms with E-state index >= 15 is 0 Å². The fraction of sp³-hybridized carbons (Fsp3) is 0.333. The number of nitrogens with one attached hydrogen (secondary N) is 1. The molecular weight excluding hydrogens is 310 g/mol. The van der Waals surface area contributed by atoms with Gasteiger partial charge in [-0.1, -0.05) is 30.3 Å². The second-order valence-corrected chi connectivity index (χ2v) is 7.27. The molecule has 1 saturated carbocycles. The van der Waals surface area contributed by atoms with E-state index in [0.717, 1.165) is 22.6 Å². The number of thiophene rings is 1. The molecule has 5 heteroatoms. The van der Waals surface area contributed by atoms with Gasteiger partial charge in [0.1, 0.15) is 0 Å². The summed E-state index contributed by atoms with van der Waals surface area (Å²) >= 11 is 1.55. The third-order valence-corrected chi connectivity index (χ3v) is 4.72. The molecule has 23 heavy (non-hydrogen) atoms. The highest BCUT2D eigenvalue weighted by Crippen LogP contribution is 2.26. The number of hydrogen-bond acceptors (Lipinski definition) is 4. The van der Waals surface area contributed by atoms with E-state index in [9.17, 15) is 9.59 Å². The Morgan fingerprint density at radius 3 is 2.48 bits per heavy atom. The van der Waals surface area contributed by atoms with Gasteiger partial charge in [0.2, 0.25) is 6.10 Å². The summed E-state index contributed by atoms with van der Waals surface area (Å²) in [6, 6.07) is 11.2. The summed E-state index contributed by atoms with van der Waals surface area (Å²) in [5, 5.41) is 2.92. The van der Waals surface area contributed by atoms with Crippen LogP contribution in [0.1, 0.15) is 44.6 Å². The summed E-state index contributed by atoms with van der Waals surface area (Å²) in [6.45, 7) is 3.83. The van der Waals surface area contributed by atoms with Crippen molar-refractivity contribution in [2.45, 2.75) is 38.8 Å². The quantitative estimate of drug-likeness (QED) is 0.854. The molecular formula is C18H19NO3S. The lowest BCUT2D eigenvalue weighted by atomic mass is 10.1. The first-order valence-corrected chi connectivity index (χ1v) is 8.49. The molecule has 0 bridgehead atoms. The van der Waals surface area contributed by atoms with E-state index in [4.69, 9.17) is 4.74 Å². The normalized spacial score (nSPS) is 15.0. The minimum Gasteiger partial charge on any atom is -0.444 e. The molecule has 1 N–H and O–H groups in total. The van der Waals surface area contributed by atoms with Crippen LogP contribution >= 0.6 is 11.3 Å². The lowest BCUT2D eigenvalue weighted by Crippen LogP contribution is -2.33. The Morgan fingerprint density at radius 1 is 1.22 bits per heavy atom. The fourth-order valence-corrected chi connectivity index (χ4v) is 3.32. The average Bonchev–Trinajstić information content (AvgIpc) is 3.27. The van der Waals surface area contributed by atoms with Gasteiger partial charge in [0.05, 0.1) is 5.56 Å². The molecule has 1 aliphatic rings. The molecule has 1 fully saturated rings. The zero-order chi connectivity index (χ0) is 16.4. The van der Waals surface area contributed by atoms with Crippen molar-refractivity contribution in [1.82, 2.24) is 5.32 Å². The molecule has 0 saturated heterocycles. The van der Waals surface area contributed by atoms with E-state index in [2.05, 4.69) is 5.32 Å². The summed E-state index contributed by atoms with van der Waals surface area (Å²) in [5.41, 5.74) is 1.22. The Labute approximate surface area is 139 Å². The van der Waals surface area contributed by atoms with Gasteiger partial charge in [0, 0.05) is 21.4 Å². The molecule has 1 aliphatic carbocycles. The zero-order valence-electron chi connectivity index (χ0n) is 13.2. The molecule has 0 spiro atoms. The van der Waals surface area contributed by atoms with Crippen LogP contribution in [0.2, 0.25) is 0 Å². The van der Waals surface area contributed by atoms with Crippen LogP contribution in [0.25, 0.3) is 0 Å². The van der Waals surface area contributed by atoms with Gasteiger partial charge < -0.3 is 10.1 Å². The van der Waals surface area contributed by atoms with Crippen LogP contribution in [0.5, 0.6) is 0 Å². The van der Waals surface area contributed by atoms with Crippen molar-refractivity contribution in [1.29, 1.82) is 0 Å². The summed E-state index contributed by atoms with van der Waals surface area (Å²) in [4.78, 5) is 26.9. The molecule has 4 nitrogen and oxygen atoms in total. The van der Waals surface area contributed by atoms with Crippen molar-refractivity contribution < 1.29 is 14.3 Å². The number of carbonyl (C=O) groups excluding carboxylic acids is 2. The van der Waals surface area contributed by atoms with Gasteiger partial charge in [0.15, 0.2) is 0 Å². The first kappa shape index (κ1) is 15.7. The lowest BCUT2D eigenvalue weighted by Gasteiger charge is -2.18. The molecule has 3 rings (SSSR count). The van der Waals surface area contributed by atoms with Crippen LogP contribution in [0.15, 0.2) is 36.4 Å². The van der Waals surface area contributed by atoms with Gasteiger partial charge in [-0.15, -0.1) is 11.3 Å². The first-order chi connectivity index (χ1) is 11.0. The molecule has 1 atom stereocenters. The van der Waals surface area contributed by atoms with Crippen molar-refractivity contribution in [3.8, 4) is 0 Å². The number of ether oxygens (including phenoxy) is 1. The summed E-state index contributed by atoms with van der Waals surface area (Å²) < 4.78 is 5.56.